The smallest absolute Gasteiger partial charge is 0.252 e. The molecule has 2 heterocycles. The van der Waals surface area contributed by atoms with Crippen LogP contribution in [0.4, 0.5) is 5.82 Å². The van der Waals surface area contributed by atoms with Gasteiger partial charge in [-0.25, -0.2) is 4.98 Å². The number of H-pyrrole nitrogens is 1. The molecule has 1 saturated heterocycles. The van der Waals surface area contributed by atoms with Gasteiger partial charge in [-0.3, -0.25) is 9.59 Å². The summed E-state index contributed by atoms with van der Waals surface area (Å²) in [7, 11) is 1.64. The molecule has 2 rings (SSSR count). The zero-order chi connectivity index (χ0) is 13.3. The van der Waals surface area contributed by atoms with E-state index >= 15 is 0 Å². The van der Waals surface area contributed by atoms with E-state index in [2.05, 4.69) is 15.3 Å². The van der Waals surface area contributed by atoms with Crippen LogP contribution in [-0.2, 0) is 4.79 Å². The number of nitrogens with one attached hydrogen (secondary N) is 2. The lowest BCUT2D eigenvalue weighted by Crippen LogP contribution is -2.39. The van der Waals surface area contributed by atoms with Crippen LogP contribution >= 0.6 is 0 Å². The molecule has 0 spiro atoms. The van der Waals surface area contributed by atoms with Gasteiger partial charge in [0.15, 0.2) is 0 Å². The molecule has 6 heteroatoms. The lowest BCUT2D eigenvalue weighted by Gasteiger charge is -2.23. The summed E-state index contributed by atoms with van der Waals surface area (Å²) in [6.45, 7) is 5.01. The lowest BCUT2D eigenvalue weighted by molar-refractivity contribution is -0.128. The Morgan fingerprint density at radius 3 is 2.94 bits per heavy atom. The molecular formula is C12H18N4O2. The molecule has 1 aromatic heterocycles. The summed E-state index contributed by atoms with van der Waals surface area (Å²) in [5.74, 6) is 1.27. The van der Waals surface area contributed by atoms with Crippen LogP contribution in [0.15, 0.2) is 10.9 Å². The second-order valence-corrected chi connectivity index (χ2v) is 5.00. The van der Waals surface area contributed by atoms with Gasteiger partial charge in [-0.05, 0) is 20.3 Å². The van der Waals surface area contributed by atoms with Gasteiger partial charge in [-0.2, -0.15) is 0 Å². The number of aromatic nitrogens is 2. The van der Waals surface area contributed by atoms with Crippen LogP contribution in [0.1, 0.15) is 19.2 Å². The molecular weight excluding hydrogens is 232 g/mol. The zero-order valence-corrected chi connectivity index (χ0v) is 10.9. The van der Waals surface area contributed by atoms with Gasteiger partial charge < -0.3 is 15.2 Å². The van der Waals surface area contributed by atoms with E-state index in [0.717, 1.165) is 13.0 Å². The molecule has 0 radical (unpaired) electrons. The van der Waals surface area contributed by atoms with Crippen LogP contribution in [0.5, 0.6) is 0 Å². The first-order valence-electron chi connectivity index (χ1n) is 6.00. The summed E-state index contributed by atoms with van der Waals surface area (Å²) in [5.41, 5.74) is -0.571. The second-order valence-electron chi connectivity index (χ2n) is 5.00. The highest BCUT2D eigenvalue weighted by molar-refractivity contribution is 5.83. The molecule has 1 amide bonds. The van der Waals surface area contributed by atoms with Crippen LogP contribution in [-0.4, -0.2) is 36.0 Å². The van der Waals surface area contributed by atoms with Gasteiger partial charge >= 0.3 is 0 Å². The van der Waals surface area contributed by atoms with Gasteiger partial charge in [0, 0.05) is 26.2 Å². The van der Waals surface area contributed by atoms with Gasteiger partial charge in [-0.1, -0.05) is 0 Å². The molecule has 2 N–H and O–H groups in total. The minimum absolute atomic E-state index is 0.0339. The molecule has 1 aliphatic heterocycles. The van der Waals surface area contributed by atoms with Gasteiger partial charge in [0.1, 0.15) is 11.6 Å². The van der Waals surface area contributed by atoms with E-state index in [1.165, 1.54) is 6.07 Å². The first-order valence-corrected chi connectivity index (χ1v) is 6.00. The molecule has 0 bridgehead atoms. The van der Waals surface area contributed by atoms with Crippen LogP contribution in [0, 0.1) is 12.3 Å². The van der Waals surface area contributed by atoms with Crippen LogP contribution < -0.4 is 15.8 Å². The number of hydrogen-bond donors (Lipinski definition) is 2. The van der Waals surface area contributed by atoms with Crippen molar-refractivity contribution in [2.24, 2.45) is 5.41 Å². The van der Waals surface area contributed by atoms with Crippen molar-refractivity contribution in [2.45, 2.75) is 20.3 Å². The number of aromatic amines is 1. The highest BCUT2D eigenvalue weighted by atomic mass is 16.2. The highest BCUT2D eigenvalue weighted by Gasteiger charge is 2.40. The van der Waals surface area contributed by atoms with E-state index in [4.69, 9.17) is 0 Å². The Bertz CT molecular complexity index is 525. The molecule has 1 aliphatic rings. The Hall–Kier alpha value is -1.85. The first-order chi connectivity index (χ1) is 8.44. The maximum Gasteiger partial charge on any atom is 0.252 e. The van der Waals surface area contributed by atoms with E-state index in [1.807, 2.05) is 11.8 Å². The summed E-state index contributed by atoms with van der Waals surface area (Å²) >= 11 is 0. The largest absolute Gasteiger partial charge is 0.359 e. The van der Waals surface area contributed by atoms with Gasteiger partial charge in [0.25, 0.3) is 5.56 Å². The summed E-state index contributed by atoms with van der Waals surface area (Å²) in [6, 6.07) is 1.47. The van der Waals surface area contributed by atoms with Gasteiger partial charge in [0.05, 0.1) is 5.41 Å². The Morgan fingerprint density at radius 2 is 2.33 bits per heavy atom. The average molecular weight is 250 g/mol. The van der Waals surface area contributed by atoms with Gasteiger partial charge in [0.2, 0.25) is 5.91 Å². The van der Waals surface area contributed by atoms with Crippen molar-refractivity contribution >= 4 is 11.7 Å². The SMILES string of the molecule is CNC(=O)C1(C)CCN(c2cc(=O)[nH]c(C)n2)C1. The molecule has 18 heavy (non-hydrogen) atoms. The molecule has 1 aromatic rings. The third-order valence-corrected chi connectivity index (χ3v) is 3.42. The van der Waals surface area contributed by atoms with Crippen molar-refractivity contribution in [1.29, 1.82) is 0 Å². The first kappa shape index (κ1) is 12.6. The predicted octanol–water partition coefficient (Wildman–Crippen LogP) is 0.0407. The van der Waals surface area contributed by atoms with E-state index < -0.39 is 5.41 Å². The third-order valence-electron chi connectivity index (χ3n) is 3.42. The van der Waals surface area contributed by atoms with Crippen molar-refractivity contribution in [1.82, 2.24) is 15.3 Å². The number of aryl methyl sites for hydroxylation is 1. The third kappa shape index (κ3) is 2.23. The molecule has 6 nitrogen and oxygen atoms in total. The molecule has 98 valence electrons. The van der Waals surface area contributed by atoms with Crippen LogP contribution in [0.25, 0.3) is 0 Å². The van der Waals surface area contributed by atoms with Crippen molar-refractivity contribution in [3.63, 3.8) is 0 Å². The minimum Gasteiger partial charge on any atom is -0.359 e. The van der Waals surface area contributed by atoms with Crippen LogP contribution in [0.2, 0.25) is 0 Å². The van der Waals surface area contributed by atoms with E-state index in [-0.39, 0.29) is 11.5 Å². The van der Waals surface area contributed by atoms with Crippen molar-refractivity contribution in [3.05, 3.63) is 22.2 Å². The number of carbonyl (C=O) groups excluding carboxylic acids is 1. The van der Waals surface area contributed by atoms with E-state index in [0.29, 0.717) is 18.2 Å². The fourth-order valence-corrected chi connectivity index (χ4v) is 2.37. The Kier molecular flexibility index (Phi) is 3.11. The number of anilines is 1. The molecule has 1 unspecified atom stereocenters. The topological polar surface area (TPSA) is 78.1 Å². The van der Waals surface area contributed by atoms with E-state index in [1.54, 1.807) is 14.0 Å². The second kappa shape index (κ2) is 4.44. The fourth-order valence-electron chi connectivity index (χ4n) is 2.37. The van der Waals surface area contributed by atoms with E-state index in [9.17, 15) is 9.59 Å². The number of hydrogen-bond acceptors (Lipinski definition) is 4. The maximum atomic E-state index is 11.8. The number of amides is 1. The Balaban J connectivity index is 2.23. The number of carbonyl (C=O) groups is 1. The molecule has 0 aliphatic carbocycles. The summed E-state index contributed by atoms with van der Waals surface area (Å²) in [6.07, 6.45) is 0.764. The zero-order valence-electron chi connectivity index (χ0n) is 10.9. The molecule has 0 saturated carbocycles. The minimum atomic E-state index is -0.410. The normalized spacial score (nSPS) is 23.2. The summed E-state index contributed by atoms with van der Waals surface area (Å²) < 4.78 is 0. The summed E-state index contributed by atoms with van der Waals surface area (Å²) in [4.78, 5) is 32.1. The molecule has 1 fully saturated rings. The van der Waals surface area contributed by atoms with Crippen LogP contribution in [0.3, 0.4) is 0 Å². The quantitative estimate of drug-likeness (QED) is 0.777. The Morgan fingerprint density at radius 1 is 1.61 bits per heavy atom. The monoisotopic (exact) mass is 250 g/mol. The van der Waals surface area contributed by atoms with Crippen molar-refractivity contribution in [3.8, 4) is 0 Å². The standard InChI is InChI=1S/C12H18N4O2/c1-8-14-9(6-10(17)15-8)16-5-4-12(2,7-16)11(18)13-3/h6H,4-5,7H2,1-3H3,(H,13,18)(H,14,15,17). The molecule has 0 aromatic carbocycles. The average Bonchev–Trinajstić information content (AvgIpc) is 2.71. The fraction of sp³-hybridized carbons (Fsp3) is 0.583. The number of nitrogens with zero attached hydrogens (tertiary/aromatic N) is 2. The summed E-state index contributed by atoms with van der Waals surface area (Å²) in [5, 5.41) is 2.69. The number of rotatable bonds is 2. The van der Waals surface area contributed by atoms with Crippen molar-refractivity contribution in [2.75, 3.05) is 25.0 Å². The maximum absolute atomic E-state index is 11.8. The lowest BCUT2D eigenvalue weighted by atomic mass is 9.89. The Labute approximate surface area is 105 Å². The predicted molar refractivity (Wildman–Crippen MR) is 68.6 cm³/mol. The van der Waals surface area contributed by atoms with Crippen molar-refractivity contribution < 1.29 is 4.79 Å². The van der Waals surface area contributed by atoms with Gasteiger partial charge in [-0.15, -0.1) is 0 Å². The highest BCUT2D eigenvalue weighted by Crippen LogP contribution is 2.32. The molecule has 1 atom stereocenters.